The van der Waals surface area contributed by atoms with E-state index in [4.69, 9.17) is 5.11 Å². The highest BCUT2D eigenvalue weighted by molar-refractivity contribution is 7.89. The van der Waals surface area contributed by atoms with Crippen molar-refractivity contribution in [1.29, 1.82) is 0 Å². The fourth-order valence-electron chi connectivity index (χ4n) is 1.08. The van der Waals surface area contributed by atoms with Crippen LogP contribution in [0.15, 0.2) is 0 Å². The van der Waals surface area contributed by atoms with Gasteiger partial charge in [0.05, 0.1) is 7.11 Å². The number of hydrogen-bond donors (Lipinski definition) is 1. The lowest BCUT2D eigenvalue weighted by atomic mass is 10.2. The first-order chi connectivity index (χ1) is 7.44. The molecule has 96 valence electrons. The first-order valence-corrected chi connectivity index (χ1v) is 6.66. The Hall–Kier alpha value is -0.660. The number of ether oxygens (including phenoxy) is 1. The number of methoxy groups -OCH3 is 1. The average Bonchev–Trinajstić information content (AvgIpc) is 2.23. The van der Waals surface area contributed by atoms with Crippen LogP contribution in [0, 0.1) is 0 Å². The minimum atomic E-state index is -3.56. The topological polar surface area (TPSA) is 83.9 Å². The maximum Gasteiger partial charge on any atom is 0.322 e. The Bertz CT molecular complexity index is 301. The Morgan fingerprint density at radius 2 is 1.94 bits per heavy atom. The van der Waals surface area contributed by atoms with Crippen molar-refractivity contribution in [3.05, 3.63) is 0 Å². The van der Waals surface area contributed by atoms with E-state index in [1.54, 1.807) is 0 Å². The molecular formula is C9H19NO5S. The molecule has 1 N–H and O–H groups in total. The summed E-state index contributed by atoms with van der Waals surface area (Å²) in [5.74, 6) is -1.39. The number of esters is 1. The van der Waals surface area contributed by atoms with Crippen LogP contribution in [0.25, 0.3) is 0 Å². The smallest absolute Gasteiger partial charge is 0.322 e. The van der Waals surface area contributed by atoms with Gasteiger partial charge < -0.3 is 9.84 Å². The van der Waals surface area contributed by atoms with Gasteiger partial charge in [0.15, 0.2) is 5.75 Å². The summed E-state index contributed by atoms with van der Waals surface area (Å²) in [6.07, 6.45) is 2.08. The highest BCUT2D eigenvalue weighted by Crippen LogP contribution is 2.03. The number of sulfonamides is 1. The van der Waals surface area contributed by atoms with E-state index < -0.39 is 21.7 Å². The summed E-state index contributed by atoms with van der Waals surface area (Å²) in [5, 5.41) is 8.55. The van der Waals surface area contributed by atoms with Crippen LogP contribution in [0.3, 0.4) is 0 Å². The molecule has 0 amide bonds. The van der Waals surface area contributed by atoms with Crippen LogP contribution in [0.2, 0.25) is 0 Å². The van der Waals surface area contributed by atoms with Crippen molar-refractivity contribution in [2.45, 2.75) is 19.3 Å². The fraction of sp³-hybridized carbons (Fsp3) is 0.889. The Balaban J connectivity index is 4.05. The van der Waals surface area contributed by atoms with Gasteiger partial charge in [0.25, 0.3) is 0 Å². The van der Waals surface area contributed by atoms with Crippen LogP contribution in [-0.2, 0) is 19.6 Å². The van der Waals surface area contributed by atoms with Gasteiger partial charge in [-0.25, -0.2) is 12.7 Å². The van der Waals surface area contributed by atoms with E-state index in [0.717, 1.165) is 17.8 Å². The van der Waals surface area contributed by atoms with E-state index in [-0.39, 0.29) is 6.61 Å². The SMILES string of the molecule is COC(=O)CS(=O)(=O)N(C)CCCCCO. The molecule has 0 aliphatic heterocycles. The van der Waals surface area contributed by atoms with Crippen molar-refractivity contribution in [2.24, 2.45) is 0 Å². The number of carbonyl (C=O) groups is 1. The van der Waals surface area contributed by atoms with E-state index in [0.29, 0.717) is 19.4 Å². The Labute approximate surface area is 96.2 Å². The predicted octanol–water partition coefficient (Wildman–Crippen LogP) is -0.416. The first kappa shape index (κ1) is 15.3. The zero-order valence-corrected chi connectivity index (χ0v) is 10.5. The molecule has 16 heavy (non-hydrogen) atoms. The van der Waals surface area contributed by atoms with E-state index in [9.17, 15) is 13.2 Å². The Morgan fingerprint density at radius 3 is 2.44 bits per heavy atom. The zero-order valence-electron chi connectivity index (χ0n) is 9.68. The Morgan fingerprint density at radius 1 is 1.31 bits per heavy atom. The summed E-state index contributed by atoms with van der Waals surface area (Å²) in [7, 11) is -0.983. The summed E-state index contributed by atoms with van der Waals surface area (Å²) in [6.45, 7) is 0.456. The van der Waals surface area contributed by atoms with Gasteiger partial charge in [0.1, 0.15) is 0 Å². The lowest BCUT2D eigenvalue weighted by Gasteiger charge is -2.15. The minimum Gasteiger partial charge on any atom is -0.468 e. The highest BCUT2D eigenvalue weighted by atomic mass is 32.2. The molecule has 0 heterocycles. The van der Waals surface area contributed by atoms with Gasteiger partial charge in [-0.1, -0.05) is 0 Å². The fourth-order valence-corrected chi connectivity index (χ4v) is 2.12. The number of carbonyl (C=O) groups excluding carboxylic acids is 1. The maximum atomic E-state index is 11.5. The quantitative estimate of drug-likeness (QED) is 0.469. The molecular weight excluding hydrogens is 234 g/mol. The second-order valence-corrected chi connectivity index (χ2v) is 5.51. The van der Waals surface area contributed by atoms with E-state index in [1.807, 2.05) is 0 Å². The number of hydrogen-bond acceptors (Lipinski definition) is 5. The number of nitrogens with zero attached hydrogens (tertiary/aromatic N) is 1. The van der Waals surface area contributed by atoms with Gasteiger partial charge in [-0.2, -0.15) is 0 Å². The van der Waals surface area contributed by atoms with Gasteiger partial charge in [-0.05, 0) is 19.3 Å². The summed E-state index contributed by atoms with van der Waals surface area (Å²) in [5.41, 5.74) is 0. The zero-order chi connectivity index (χ0) is 12.6. The van der Waals surface area contributed by atoms with Gasteiger partial charge >= 0.3 is 5.97 Å². The normalized spacial score (nSPS) is 11.8. The molecule has 0 aromatic carbocycles. The van der Waals surface area contributed by atoms with Crippen molar-refractivity contribution in [3.63, 3.8) is 0 Å². The van der Waals surface area contributed by atoms with Crippen molar-refractivity contribution < 1.29 is 23.1 Å². The number of aliphatic hydroxyl groups excluding tert-OH is 1. The Kier molecular flexibility index (Phi) is 7.27. The number of rotatable bonds is 8. The standard InChI is InChI=1S/C9H19NO5S/c1-10(6-4-3-5-7-11)16(13,14)8-9(12)15-2/h11H,3-8H2,1-2H3. The summed E-state index contributed by atoms with van der Waals surface area (Å²) < 4.78 is 28.5. The second kappa shape index (κ2) is 7.59. The molecule has 0 radical (unpaired) electrons. The molecule has 0 aliphatic carbocycles. The van der Waals surface area contributed by atoms with E-state index in [1.165, 1.54) is 7.05 Å². The maximum absolute atomic E-state index is 11.5. The number of aliphatic hydroxyl groups is 1. The molecule has 0 rings (SSSR count). The third-order valence-corrected chi connectivity index (χ3v) is 3.87. The van der Waals surface area contributed by atoms with Crippen LogP contribution < -0.4 is 0 Å². The lowest BCUT2D eigenvalue weighted by molar-refractivity contribution is -0.137. The molecule has 0 fully saturated rings. The largest absolute Gasteiger partial charge is 0.468 e. The van der Waals surface area contributed by atoms with Crippen LogP contribution in [-0.4, -0.2) is 56.9 Å². The van der Waals surface area contributed by atoms with Crippen LogP contribution in [0.1, 0.15) is 19.3 Å². The molecule has 0 aromatic rings. The lowest BCUT2D eigenvalue weighted by Crippen LogP contribution is -2.33. The third kappa shape index (κ3) is 6.04. The predicted molar refractivity (Wildman–Crippen MR) is 59.4 cm³/mol. The first-order valence-electron chi connectivity index (χ1n) is 5.05. The van der Waals surface area contributed by atoms with E-state index in [2.05, 4.69) is 4.74 Å². The molecule has 0 unspecified atom stereocenters. The molecule has 0 aromatic heterocycles. The molecule has 0 atom stereocenters. The molecule has 0 spiro atoms. The highest BCUT2D eigenvalue weighted by Gasteiger charge is 2.21. The number of unbranched alkanes of at least 4 members (excludes halogenated alkanes) is 2. The van der Waals surface area contributed by atoms with Gasteiger partial charge in [-0.3, -0.25) is 4.79 Å². The van der Waals surface area contributed by atoms with Crippen molar-refractivity contribution in [2.75, 3.05) is 33.1 Å². The average molecular weight is 253 g/mol. The van der Waals surface area contributed by atoms with Crippen LogP contribution in [0.4, 0.5) is 0 Å². The summed E-state index contributed by atoms with van der Waals surface area (Å²) in [6, 6.07) is 0. The second-order valence-electron chi connectivity index (χ2n) is 3.44. The van der Waals surface area contributed by atoms with Gasteiger partial charge in [-0.15, -0.1) is 0 Å². The molecule has 0 aliphatic rings. The summed E-state index contributed by atoms with van der Waals surface area (Å²) >= 11 is 0. The van der Waals surface area contributed by atoms with E-state index >= 15 is 0 Å². The third-order valence-electron chi connectivity index (χ3n) is 2.13. The molecule has 0 saturated heterocycles. The monoisotopic (exact) mass is 253 g/mol. The van der Waals surface area contributed by atoms with Crippen LogP contribution in [0.5, 0.6) is 0 Å². The molecule has 0 bridgehead atoms. The molecule has 0 saturated carbocycles. The van der Waals surface area contributed by atoms with Crippen molar-refractivity contribution in [3.8, 4) is 0 Å². The molecule has 6 nitrogen and oxygen atoms in total. The molecule has 7 heteroatoms. The van der Waals surface area contributed by atoms with Crippen molar-refractivity contribution >= 4 is 16.0 Å². The van der Waals surface area contributed by atoms with Gasteiger partial charge in [0.2, 0.25) is 10.0 Å². The van der Waals surface area contributed by atoms with Crippen LogP contribution >= 0.6 is 0 Å². The summed E-state index contributed by atoms with van der Waals surface area (Å²) in [4.78, 5) is 10.8. The minimum absolute atomic E-state index is 0.110. The van der Waals surface area contributed by atoms with Crippen molar-refractivity contribution in [1.82, 2.24) is 4.31 Å². The van der Waals surface area contributed by atoms with Gasteiger partial charge in [0, 0.05) is 20.2 Å².